The Morgan fingerprint density at radius 3 is 2.58 bits per heavy atom. The second-order valence-corrected chi connectivity index (χ2v) is 6.23. The molecule has 0 bridgehead atoms. The highest BCUT2D eigenvalue weighted by Crippen LogP contribution is 2.19. The number of amides is 1. The number of nitrogens with one attached hydrogen (secondary N) is 1. The molecule has 1 heterocycles. The van der Waals surface area contributed by atoms with Gasteiger partial charge < -0.3 is 5.32 Å². The lowest BCUT2D eigenvalue weighted by Gasteiger charge is -2.17. The zero-order valence-electron chi connectivity index (χ0n) is 14.2. The Balaban J connectivity index is 1.92. The standard InChI is InChI=1S/C20H18ClN3O2/c1-2-18(20(26)22-16-10-6-9-15(21)13-16)24-19(25)12-11-17(23-24)14-7-4-3-5-8-14/h3-13,18H,2H2,1H3,(H,22,26)/t18-/m1/s1. The van der Waals surface area contributed by atoms with E-state index in [0.29, 0.717) is 22.8 Å². The third kappa shape index (κ3) is 4.00. The highest BCUT2D eigenvalue weighted by atomic mass is 35.5. The van der Waals surface area contributed by atoms with Crippen molar-refractivity contribution in [2.45, 2.75) is 19.4 Å². The molecule has 3 rings (SSSR count). The van der Waals surface area contributed by atoms with Gasteiger partial charge >= 0.3 is 0 Å². The summed E-state index contributed by atoms with van der Waals surface area (Å²) in [7, 11) is 0. The molecule has 1 N–H and O–H groups in total. The van der Waals surface area contributed by atoms with Crippen molar-refractivity contribution in [3.8, 4) is 11.3 Å². The molecule has 1 amide bonds. The molecule has 0 radical (unpaired) electrons. The van der Waals surface area contributed by atoms with E-state index in [-0.39, 0.29) is 11.5 Å². The van der Waals surface area contributed by atoms with Gasteiger partial charge in [0.05, 0.1) is 5.69 Å². The van der Waals surface area contributed by atoms with E-state index in [2.05, 4.69) is 10.4 Å². The first-order valence-electron chi connectivity index (χ1n) is 8.30. The lowest BCUT2D eigenvalue weighted by atomic mass is 10.1. The number of nitrogens with zero attached hydrogens (tertiary/aromatic N) is 2. The van der Waals surface area contributed by atoms with Gasteiger partial charge in [-0.1, -0.05) is 54.9 Å². The molecule has 2 aromatic carbocycles. The van der Waals surface area contributed by atoms with Gasteiger partial charge in [0.15, 0.2) is 0 Å². The van der Waals surface area contributed by atoms with E-state index in [9.17, 15) is 9.59 Å². The van der Waals surface area contributed by atoms with Crippen LogP contribution in [0.3, 0.4) is 0 Å². The number of aromatic nitrogens is 2. The molecule has 1 atom stereocenters. The minimum Gasteiger partial charge on any atom is -0.324 e. The Hall–Kier alpha value is -2.92. The Labute approximate surface area is 156 Å². The van der Waals surface area contributed by atoms with Crippen LogP contribution in [0.5, 0.6) is 0 Å². The van der Waals surface area contributed by atoms with Gasteiger partial charge in [-0.25, -0.2) is 4.68 Å². The second kappa shape index (κ2) is 7.97. The van der Waals surface area contributed by atoms with Crippen molar-refractivity contribution < 1.29 is 4.79 Å². The van der Waals surface area contributed by atoms with E-state index in [4.69, 9.17) is 11.6 Å². The maximum atomic E-state index is 12.7. The van der Waals surface area contributed by atoms with E-state index in [0.717, 1.165) is 5.56 Å². The van der Waals surface area contributed by atoms with Gasteiger partial charge in [0, 0.05) is 22.3 Å². The van der Waals surface area contributed by atoms with Crippen LogP contribution in [0.25, 0.3) is 11.3 Å². The summed E-state index contributed by atoms with van der Waals surface area (Å²) >= 11 is 5.95. The number of carbonyl (C=O) groups excluding carboxylic acids is 1. The predicted molar refractivity (Wildman–Crippen MR) is 103 cm³/mol. The molecule has 0 spiro atoms. The molecule has 0 saturated carbocycles. The average Bonchev–Trinajstić information content (AvgIpc) is 2.64. The first-order chi connectivity index (χ1) is 12.6. The van der Waals surface area contributed by atoms with Crippen LogP contribution in [-0.2, 0) is 4.79 Å². The summed E-state index contributed by atoms with van der Waals surface area (Å²) in [6.45, 7) is 1.84. The normalized spacial score (nSPS) is 11.8. The summed E-state index contributed by atoms with van der Waals surface area (Å²) in [6, 6.07) is 18.8. The van der Waals surface area contributed by atoms with E-state index in [1.807, 2.05) is 37.3 Å². The molecule has 0 fully saturated rings. The fourth-order valence-corrected chi connectivity index (χ4v) is 2.86. The Morgan fingerprint density at radius 2 is 1.88 bits per heavy atom. The van der Waals surface area contributed by atoms with Gasteiger partial charge in [0.25, 0.3) is 5.56 Å². The summed E-state index contributed by atoms with van der Waals surface area (Å²) < 4.78 is 1.24. The number of anilines is 1. The van der Waals surface area contributed by atoms with E-state index >= 15 is 0 Å². The van der Waals surface area contributed by atoms with Crippen molar-refractivity contribution >= 4 is 23.2 Å². The smallest absolute Gasteiger partial charge is 0.267 e. The summed E-state index contributed by atoms with van der Waals surface area (Å²) in [6.07, 6.45) is 0.428. The maximum Gasteiger partial charge on any atom is 0.267 e. The van der Waals surface area contributed by atoms with Crippen LogP contribution in [0, 0.1) is 0 Å². The second-order valence-electron chi connectivity index (χ2n) is 5.79. The average molecular weight is 368 g/mol. The number of halogens is 1. The van der Waals surface area contributed by atoms with Gasteiger partial charge in [-0.15, -0.1) is 0 Å². The van der Waals surface area contributed by atoms with E-state index < -0.39 is 6.04 Å². The van der Waals surface area contributed by atoms with Crippen LogP contribution >= 0.6 is 11.6 Å². The molecule has 0 aliphatic rings. The Morgan fingerprint density at radius 1 is 1.12 bits per heavy atom. The van der Waals surface area contributed by atoms with Crippen LogP contribution in [0.4, 0.5) is 5.69 Å². The quantitative estimate of drug-likeness (QED) is 0.736. The topological polar surface area (TPSA) is 64.0 Å². The molecule has 26 heavy (non-hydrogen) atoms. The van der Waals surface area contributed by atoms with Crippen molar-refractivity contribution in [2.75, 3.05) is 5.32 Å². The van der Waals surface area contributed by atoms with Gasteiger partial charge in [0.2, 0.25) is 5.91 Å². The lowest BCUT2D eigenvalue weighted by Crippen LogP contribution is -2.34. The third-order valence-electron chi connectivity index (χ3n) is 3.97. The van der Waals surface area contributed by atoms with Crippen molar-refractivity contribution in [3.05, 3.63) is 82.1 Å². The van der Waals surface area contributed by atoms with E-state index in [1.54, 1.807) is 30.3 Å². The van der Waals surface area contributed by atoms with Gasteiger partial charge in [0.1, 0.15) is 6.04 Å². The van der Waals surface area contributed by atoms with Crippen LogP contribution < -0.4 is 10.9 Å². The van der Waals surface area contributed by atoms with Gasteiger partial charge in [-0.3, -0.25) is 9.59 Å². The summed E-state index contributed by atoms with van der Waals surface area (Å²) in [5, 5.41) is 7.73. The largest absolute Gasteiger partial charge is 0.324 e. The molecule has 6 heteroatoms. The van der Waals surface area contributed by atoms with Crippen LogP contribution in [0.2, 0.25) is 5.02 Å². The molecule has 3 aromatic rings. The molecular weight excluding hydrogens is 350 g/mol. The van der Waals surface area contributed by atoms with Gasteiger partial charge in [-0.05, 0) is 30.7 Å². The Kier molecular flexibility index (Phi) is 5.49. The highest BCUT2D eigenvalue weighted by molar-refractivity contribution is 6.30. The zero-order valence-corrected chi connectivity index (χ0v) is 15.0. The minimum atomic E-state index is -0.717. The molecule has 132 valence electrons. The highest BCUT2D eigenvalue weighted by Gasteiger charge is 2.21. The van der Waals surface area contributed by atoms with Crippen molar-refractivity contribution in [1.82, 2.24) is 9.78 Å². The van der Waals surface area contributed by atoms with E-state index in [1.165, 1.54) is 10.7 Å². The Bertz CT molecular complexity index is 970. The molecular formula is C20H18ClN3O2. The number of rotatable bonds is 5. The first kappa shape index (κ1) is 17.9. The fourth-order valence-electron chi connectivity index (χ4n) is 2.67. The lowest BCUT2D eigenvalue weighted by molar-refractivity contribution is -0.119. The molecule has 5 nitrogen and oxygen atoms in total. The number of benzene rings is 2. The fraction of sp³-hybridized carbons (Fsp3) is 0.150. The van der Waals surface area contributed by atoms with Gasteiger partial charge in [-0.2, -0.15) is 5.10 Å². The zero-order chi connectivity index (χ0) is 18.5. The monoisotopic (exact) mass is 367 g/mol. The molecule has 0 saturated heterocycles. The van der Waals surface area contributed by atoms with Crippen LogP contribution in [0.15, 0.2) is 71.5 Å². The summed E-state index contributed by atoms with van der Waals surface area (Å²) in [5.41, 5.74) is 1.77. The minimum absolute atomic E-state index is 0.311. The third-order valence-corrected chi connectivity index (χ3v) is 4.21. The van der Waals surface area contributed by atoms with Crippen molar-refractivity contribution in [3.63, 3.8) is 0 Å². The van der Waals surface area contributed by atoms with Crippen molar-refractivity contribution in [1.29, 1.82) is 0 Å². The number of hydrogen-bond donors (Lipinski definition) is 1. The predicted octanol–water partition coefficient (Wildman–Crippen LogP) is 4.15. The molecule has 0 unspecified atom stereocenters. The van der Waals surface area contributed by atoms with Crippen molar-refractivity contribution in [2.24, 2.45) is 0 Å². The molecule has 1 aromatic heterocycles. The molecule has 0 aliphatic carbocycles. The SMILES string of the molecule is CC[C@H](C(=O)Nc1cccc(Cl)c1)n1nc(-c2ccccc2)ccc1=O. The summed E-state index contributed by atoms with van der Waals surface area (Å²) in [5.74, 6) is -0.311. The maximum absolute atomic E-state index is 12.7. The number of carbonyl (C=O) groups is 1. The first-order valence-corrected chi connectivity index (χ1v) is 8.68. The van der Waals surface area contributed by atoms with Crippen LogP contribution in [-0.4, -0.2) is 15.7 Å². The van der Waals surface area contributed by atoms with Crippen LogP contribution in [0.1, 0.15) is 19.4 Å². The number of hydrogen-bond acceptors (Lipinski definition) is 3. The molecule has 0 aliphatic heterocycles. The summed E-state index contributed by atoms with van der Waals surface area (Å²) in [4.78, 5) is 25.0.